The van der Waals surface area contributed by atoms with Gasteiger partial charge in [-0.1, -0.05) is 13.3 Å². The molecule has 1 saturated heterocycles. The molecule has 0 spiro atoms. The predicted molar refractivity (Wildman–Crippen MR) is 74.2 cm³/mol. The molecule has 5 atom stereocenters. The molecule has 1 amide bonds. The first-order valence-electron chi connectivity index (χ1n) is 7.67. The van der Waals surface area contributed by atoms with Crippen molar-refractivity contribution in [2.75, 3.05) is 6.61 Å². The third-order valence-corrected chi connectivity index (χ3v) is 4.78. The van der Waals surface area contributed by atoms with Gasteiger partial charge in [0.1, 0.15) is 0 Å². The van der Waals surface area contributed by atoms with Crippen LogP contribution in [-0.2, 0) is 14.3 Å². The number of hydrogen-bond donors (Lipinski definition) is 2. The SMILES string of the molecule is CCC1CC(C(=O)O)C(C(=O)NC(C)C2CCCO2)C1. The zero-order valence-corrected chi connectivity index (χ0v) is 12.3. The predicted octanol–water partition coefficient (Wildman–Crippen LogP) is 1.81. The normalized spacial score (nSPS) is 34.9. The Balaban J connectivity index is 1.94. The summed E-state index contributed by atoms with van der Waals surface area (Å²) in [6.07, 6.45) is 4.33. The lowest BCUT2D eigenvalue weighted by atomic mass is 9.95. The van der Waals surface area contributed by atoms with Gasteiger partial charge in [-0.2, -0.15) is 0 Å². The molecule has 1 heterocycles. The average Bonchev–Trinajstić information content (AvgIpc) is 3.07. The van der Waals surface area contributed by atoms with Gasteiger partial charge in [0.25, 0.3) is 0 Å². The van der Waals surface area contributed by atoms with Crippen LogP contribution >= 0.6 is 0 Å². The highest BCUT2D eigenvalue weighted by Gasteiger charge is 2.42. The van der Waals surface area contributed by atoms with Gasteiger partial charge in [0, 0.05) is 6.61 Å². The van der Waals surface area contributed by atoms with Gasteiger partial charge in [-0.05, 0) is 38.5 Å². The average molecular weight is 283 g/mol. The smallest absolute Gasteiger partial charge is 0.307 e. The molecular weight excluding hydrogens is 258 g/mol. The van der Waals surface area contributed by atoms with E-state index >= 15 is 0 Å². The number of ether oxygens (including phenoxy) is 1. The number of carbonyl (C=O) groups is 2. The van der Waals surface area contributed by atoms with Crippen LogP contribution in [0.15, 0.2) is 0 Å². The van der Waals surface area contributed by atoms with Crippen LogP contribution in [-0.4, -0.2) is 35.7 Å². The number of nitrogens with one attached hydrogen (secondary N) is 1. The van der Waals surface area contributed by atoms with Gasteiger partial charge in [-0.25, -0.2) is 0 Å². The maximum Gasteiger partial charge on any atom is 0.307 e. The largest absolute Gasteiger partial charge is 0.481 e. The Morgan fingerprint density at radius 3 is 2.60 bits per heavy atom. The maximum atomic E-state index is 12.4. The lowest BCUT2D eigenvalue weighted by Gasteiger charge is -2.23. The number of aliphatic carboxylic acids is 1. The van der Waals surface area contributed by atoms with E-state index in [1.54, 1.807) is 0 Å². The molecule has 0 bridgehead atoms. The monoisotopic (exact) mass is 283 g/mol. The summed E-state index contributed by atoms with van der Waals surface area (Å²) in [6, 6.07) is -0.0416. The third-order valence-electron chi connectivity index (χ3n) is 4.78. The maximum absolute atomic E-state index is 12.4. The highest BCUT2D eigenvalue weighted by atomic mass is 16.5. The van der Waals surface area contributed by atoms with Gasteiger partial charge in [0.05, 0.1) is 24.0 Å². The standard InChI is InChI=1S/C15H25NO4/c1-3-10-7-11(12(8-10)15(18)19)14(17)16-9(2)13-5-4-6-20-13/h9-13H,3-8H2,1-2H3,(H,16,17)(H,18,19). The van der Waals surface area contributed by atoms with E-state index < -0.39 is 11.9 Å². The summed E-state index contributed by atoms with van der Waals surface area (Å²) < 4.78 is 5.56. The summed E-state index contributed by atoms with van der Waals surface area (Å²) in [5, 5.41) is 12.3. The molecule has 0 radical (unpaired) electrons. The van der Waals surface area contributed by atoms with E-state index in [4.69, 9.17) is 4.74 Å². The fourth-order valence-electron chi connectivity index (χ4n) is 3.46. The van der Waals surface area contributed by atoms with Crippen molar-refractivity contribution in [1.29, 1.82) is 0 Å². The van der Waals surface area contributed by atoms with Crippen molar-refractivity contribution in [3.8, 4) is 0 Å². The Morgan fingerprint density at radius 2 is 2.05 bits per heavy atom. The van der Waals surface area contributed by atoms with E-state index in [2.05, 4.69) is 12.2 Å². The Morgan fingerprint density at radius 1 is 1.35 bits per heavy atom. The van der Waals surface area contributed by atoms with Crippen LogP contribution in [0.1, 0.15) is 46.0 Å². The number of amides is 1. The molecule has 5 nitrogen and oxygen atoms in total. The van der Waals surface area contributed by atoms with Crippen molar-refractivity contribution < 1.29 is 19.4 Å². The van der Waals surface area contributed by atoms with Crippen molar-refractivity contribution in [3.63, 3.8) is 0 Å². The van der Waals surface area contributed by atoms with Gasteiger partial charge in [0.2, 0.25) is 5.91 Å². The van der Waals surface area contributed by atoms with E-state index in [-0.39, 0.29) is 24.0 Å². The van der Waals surface area contributed by atoms with Crippen LogP contribution < -0.4 is 5.32 Å². The molecule has 1 saturated carbocycles. The fourth-order valence-corrected chi connectivity index (χ4v) is 3.46. The first kappa shape index (κ1) is 15.3. The van der Waals surface area contributed by atoms with Gasteiger partial charge in [0.15, 0.2) is 0 Å². The Labute approximate surface area is 120 Å². The number of carboxylic acids is 1. The number of hydrogen-bond acceptors (Lipinski definition) is 3. The number of rotatable bonds is 5. The molecule has 2 aliphatic rings. The van der Waals surface area contributed by atoms with Gasteiger partial charge in [-0.15, -0.1) is 0 Å². The Bertz CT molecular complexity index is 365. The Hall–Kier alpha value is -1.10. The molecule has 1 aliphatic heterocycles. The lowest BCUT2D eigenvalue weighted by molar-refractivity contribution is -0.146. The minimum absolute atomic E-state index is 0.0416. The van der Waals surface area contributed by atoms with Gasteiger partial charge < -0.3 is 15.2 Å². The molecule has 0 aromatic carbocycles. The molecule has 20 heavy (non-hydrogen) atoms. The highest BCUT2D eigenvalue weighted by molar-refractivity contribution is 5.85. The third kappa shape index (κ3) is 3.32. The first-order chi connectivity index (χ1) is 9.52. The van der Waals surface area contributed by atoms with Crippen molar-refractivity contribution in [2.45, 2.75) is 58.1 Å². The second-order valence-corrected chi connectivity index (χ2v) is 6.15. The molecule has 5 unspecified atom stereocenters. The Kier molecular flexibility index (Phi) is 5.02. The first-order valence-corrected chi connectivity index (χ1v) is 7.67. The summed E-state index contributed by atoms with van der Waals surface area (Å²) in [5.74, 6) is -1.52. The topological polar surface area (TPSA) is 75.6 Å². The molecule has 2 fully saturated rings. The molecule has 5 heteroatoms. The molecule has 1 aliphatic carbocycles. The summed E-state index contributed by atoms with van der Waals surface area (Å²) in [4.78, 5) is 23.7. The van der Waals surface area contributed by atoms with Gasteiger partial charge >= 0.3 is 5.97 Å². The van der Waals surface area contributed by atoms with Crippen LogP contribution in [0.25, 0.3) is 0 Å². The summed E-state index contributed by atoms with van der Waals surface area (Å²) in [7, 11) is 0. The van der Waals surface area contributed by atoms with Crippen molar-refractivity contribution >= 4 is 11.9 Å². The number of carbonyl (C=O) groups excluding carboxylic acids is 1. The molecule has 2 rings (SSSR count). The minimum Gasteiger partial charge on any atom is -0.481 e. The van der Waals surface area contributed by atoms with E-state index in [0.717, 1.165) is 25.9 Å². The van der Waals surface area contributed by atoms with Crippen molar-refractivity contribution in [1.82, 2.24) is 5.32 Å². The molecule has 0 aromatic heterocycles. The second kappa shape index (κ2) is 6.57. The number of carboxylic acid groups (broad SMARTS) is 1. The van der Waals surface area contributed by atoms with E-state index in [1.807, 2.05) is 6.92 Å². The van der Waals surface area contributed by atoms with Crippen LogP contribution in [0.2, 0.25) is 0 Å². The minimum atomic E-state index is -0.842. The van der Waals surface area contributed by atoms with Crippen LogP contribution in [0.5, 0.6) is 0 Å². The lowest BCUT2D eigenvalue weighted by Crippen LogP contribution is -2.45. The highest BCUT2D eigenvalue weighted by Crippen LogP contribution is 2.38. The molecule has 0 aromatic rings. The molecule has 2 N–H and O–H groups in total. The van der Waals surface area contributed by atoms with Crippen LogP contribution in [0, 0.1) is 17.8 Å². The second-order valence-electron chi connectivity index (χ2n) is 6.15. The van der Waals surface area contributed by atoms with E-state index in [1.165, 1.54) is 0 Å². The molecular formula is C15H25NO4. The van der Waals surface area contributed by atoms with E-state index in [0.29, 0.717) is 18.8 Å². The van der Waals surface area contributed by atoms with E-state index in [9.17, 15) is 14.7 Å². The van der Waals surface area contributed by atoms with Gasteiger partial charge in [-0.3, -0.25) is 9.59 Å². The van der Waals surface area contributed by atoms with Crippen LogP contribution in [0.4, 0.5) is 0 Å². The zero-order valence-electron chi connectivity index (χ0n) is 12.3. The quantitative estimate of drug-likeness (QED) is 0.807. The van der Waals surface area contributed by atoms with Crippen LogP contribution in [0.3, 0.4) is 0 Å². The van der Waals surface area contributed by atoms with Crippen molar-refractivity contribution in [2.24, 2.45) is 17.8 Å². The fraction of sp³-hybridized carbons (Fsp3) is 0.867. The molecule has 114 valence electrons. The zero-order chi connectivity index (χ0) is 14.7. The van der Waals surface area contributed by atoms with Crippen molar-refractivity contribution in [3.05, 3.63) is 0 Å². The summed E-state index contributed by atoms with van der Waals surface area (Å²) in [5.41, 5.74) is 0. The summed E-state index contributed by atoms with van der Waals surface area (Å²) in [6.45, 7) is 4.75. The summed E-state index contributed by atoms with van der Waals surface area (Å²) >= 11 is 0.